The van der Waals surface area contributed by atoms with E-state index in [9.17, 15) is 4.79 Å². The summed E-state index contributed by atoms with van der Waals surface area (Å²) in [7, 11) is 0. The van der Waals surface area contributed by atoms with E-state index < -0.39 is 0 Å². The van der Waals surface area contributed by atoms with Gasteiger partial charge in [-0.05, 0) is 38.3 Å². The first kappa shape index (κ1) is 10.5. The van der Waals surface area contributed by atoms with Crippen LogP contribution < -0.4 is 5.32 Å². The van der Waals surface area contributed by atoms with Gasteiger partial charge in [-0.3, -0.25) is 4.79 Å². The highest BCUT2D eigenvalue weighted by Gasteiger charge is 2.15. The number of piperidine rings is 1. The lowest BCUT2D eigenvalue weighted by Gasteiger charge is -2.21. The number of carbonyl (C=O) groups excluding carboxylic acids is 1. The average Bonchev–Trinajstić information content (AvgIpc) is 2.16. The average molecular weight is 181 g/mol. The Hall–Kier alpha value is -0.630. The van der Waals surface area contributed by atoms with Gasteiger partial charge in [0.05, 0.1) is 0 Å². The lowest BCUT2D eigenvalue weighted by molar-refractivity contribution is -0.120. The van der Waals surface area contributed by atoms with Gasteiger partial charge in [0.2, 0.25) is 0 Å². The van der Waals surface area contributed by atoms with Crippen LogP contribution in [-0.2, 0) is 4.79 Å². The minimum atomic E-state index is 0.409. The van der Waals surface area contributed by atoms with Crippen molar-refractivity contribution in [2.45, 2.75) is 32.1 Å². The Balaban J connectivity index is 2.14. The Kier molecular flexibility index (Phi) is 4.76. The fraction of sp³-hybridized carbons (Fsp3) is 0.727. The molecular formula is C11H19NO. The van der Waals surface area contributed by atoms with Crippen LogP contribution in [-0.4, -0.2) is 18.9 Å². The number of carbonyl (C=O) groups is 1. The smallest absolute Gasteiger partial charge is 0.133 e. The van der Waals surface area contributed by atoms with Crippen molar-refractivity contribution in [1.29, 1.82) is 0 Å². The highest BCUT2D eigenvalue weighted by molar-refractivity contribution is 5.78. The van der Waals surface area contributed by atoms with Crippen LogP contribution in [0.4, 0.5) is 0 Å². The summed E-state index contributed by atoms with van der Waals surface area (Å²) in [5, 5.41) is 3.30. The number of nitrogens with one attached hydrogen (secondary N) is 1. The van der Waals surface area contributed by atoms with Gasteiger partial charge in [-0.2, -0.15) is 0 Å². The molecule has 0 spiro atoms. The molecule has 0 radical (unpaired) electrons. The van der Waals surface area contributed by atoms with E-state index in [1.54, 1.807) is 0 Å². The number of ketones is 1. The monoisotopic (exact) mass is 181 g/mol. The van der Waals surface area contributed by atoms with E-state index in [4.69, 9.17) is 0 Å². The molecule has 1 aliphatic rings. The molecule has 1 saturated heterocycles. The normalized spacial score (nSPS) is 18.5. The number of allylic oxidation sites excluding steroid dienone is 1. The fourth-order valence-electron chi connectivity index (χ4n) is 1.77. The molecular weight excluding hydrogens is 162 g/mol. The van der Waals surface area contributed by atoms with Gasteiger partial charge in [-0.1, -0.05) is 6.08 Å². The Labute approximate surface area is 80.4 Å². The Bertz CT molecular complexity index is 171. The van der Waals surface area contributed by atoms with Crippen molar-refractivity contribution < 1.29 is 4.79 Å². The van der Waals surface area contributed by atoms with Crippen molar-refractivity contribution in [2.24, 2.45) is 5.92 Å². The maximum atomic E-state index is 11.4. The molecule has 0 saturated carbocycles. The summed E-state index contributed by atoms with van der Waals surface area (Å²) in [6.07, 6.45) is 6.47. The Morgan fingerprint density at radius 3 is 2.77 bits per heavy atom. The largest absolute Gasteiger partial charge is 0.317 e. The van der Waals surface area contributed by atoms with Gasteiger partial charge >= 0.3 is 0 Å². The number of hydrogen-bond acceptors (Lipinski definition) is 2. The summed E-state index contributed by atoms with van der Waals surface area (Å²) in [6, 6.07) is 0. The summed E-state index contributed by atoms with van der Waals surface area (Å²) in [6.45, 7) is 5.78. The molecule has 0 aromatic rings. The van der Waals surface area contributed by atoms with Crippen LogP contribution in [0.1, 0.15) is 32.1 Å². The van der Waals surface area contributed by atoms with Crippen molar-refractivity contribution in [3.05, 3.63) is 12.7 Å². The molecule has 0 aromatic heterocycles. The molecule has 0 unspecified atom stereocenters. The predicted molar refractivity (Wildman–Crippen MR) is 54.6 cm³/mol. The van der Waals surface area contributed by atoms with Gasteiger partial charge in [0.15, 0.2) is 0 Å². The first-order valence-corrected chi connectivity index (χ1v) is 5.16. The topological polar surface area (TPSA) is 29.1 Å². The van der Waals surface area contributed by atoms with E-state index in [1.165, 1.54) is 12.8 Å². The van der Waals surface area contributed by atoms with Gasteiger partial charge in [-0.25, -0.2) is 0 Å². The number of hydrogen-bond donors (Lipinski definition) is 1. The molecule has 74 valence electrons. The third-order valence-corrected chi connectivity index (χ3v) is 2.60. The van der Waals surface area contributed by atoms with E-state index in [1.807, 2.05) is 6.08 Å². The summed E-state index contributed by atoms with van der Waals surface area (Å²) in [4.78, 5) is 11.4. The second kappa shape index (κ2) is 5.92. The van der Waals surface area contributed by atoms with Gasteiger partial charge < -0.3 is 5.32 Å². The molecule has 2 heteroatoms. The maximum absolute atomic E-state index is 11.4. The van der Waals surface area contributed by atoms with Gasteiger partial charge in [-0.15, -0.1) is 6.58 Å². The number of rotatable bonds is 5. The van der Waals surface area contributed by atoms with E-state index in [0.717, 1.165) is 25.9 Å². The molecule has 0 aromatic carbocycles. The zero-order valence-electron chi connectivity index (χ0n) is 8.22. The molecule has 1 N–H and O–H groups in total. The number of Topliss-reactive ketones (excluding diaryl/α,β-unsaturated/α-hetero) is 1. The highest BCUT2D eigenvalue weighted by Crippen LogP contribution is 2.17. The third kappa shape index (κ3) is 4.23. The lowest BCUT2D eigenvalue weighted by atomic mass is 9.91. The second-order valence-electron chi connectivity index (χ2n) is 3.76. The molecule has 0 atom stereocenters. The van der Waals surface area contributed by atoms with Crippen LogP contribution in [0.2, 0.25) is 0 Å². The second-order valence-corrected chi connectivity index (χ2v) is 3.76. The quantitative estimate of drug-likeness (QED) is 0.656. The molecule has 1 aliphatic heterocycles. The fourth-order valence-corrected chi connectivity index (χ4v) is 1.77. The van der Waals surface area contributed by atoms with Crippen molar-refractivity contribution in [1.82, 2.24) is 5.32 Å². The van der Waals surface area contributed by atoms with Crippen LogP contribution in [0.15, 0.2) is 12.7 Å². The molecule has 1 heterocycles. The van der Waals surface area contributed by atoms with E-state index in [0.29, 0.717) is 18.1 Å². The minimum absolute atomic E-state index is 0.409. The third-order valence-electron chi connectivity index (χ3n) is 2.60. The van der Waals surface area contributed by atoms with Crippen molar-refractivity contribution in [2.75, 3.05) is 13.1 Å². The zero-order chi connectivity index (χ0) is 9.52. The van der Waals surface area contributed by atoms with Crippen LogP contribution in [0, 0.1) is 5.92 Å². The van der Waals surface area contributed by atoms with Crippen LogP contribution in [0.25, 0.3) is 0 Å². The van der Waals surface area contributed by atoms with Crippen molar-refractivity contribution in [3.8, 4) is 0 Å². The van der Waals surface area contributed by atoms with Crippen molar-refractivity contribution >= 4 is 5.78 Å². The SMILES string of the molecule is C=CCCC(=O)CC1CCNCC1. The molecule has 0 amide bonds. The Morgan fingerprint density at radius 2 is 2.15 bits per heavy atom. The molecule has 2 nitrogen and oxygen atoms in total. The van der Waals surface area contributed by atoms with Crippen LogP contribution >= 0.6 is 0 Å². The molecule has 0 bridgehead atoms. The van der Waals surface area contributed by atoms with Crippen LogP contribution in [0.3, 0.4) is 0 Å². The minimum Gasteiger partial charge on any atom is -0.317 e. The van der Waals surface area contributed by atoms with E-state index in [-0.39, 0.29) is 0 Å². The molecule has 0 aliphatic carbocycles. The summed E-state index contributed by atoms with van der Waals surface area (Å²) >= 11 is 0. The lowest BCUT2D eigenvalue weighted by Crippen LogP contribution is -2.28. The van der Waals surface area contributed by atoms with E-state index in [2.05, 4.69) is 11.9 Å². The summed E-state index contributed by atoms with van der Waals surface area (Å²) in [5.74, 6) is 1.05. The van der Waals surface area contributed by atoms with Gasteiger partial charge in [0.25, 0.3) is 0 Å². The van der Waals surface area contributed by atoms with Gasteiger partial charge in [0, 0.05) is 12.8 Å². The van der Waals surface area contributed by atoms with Gasteiger partial charge in [0.1, 0.15) is 5.78 Å². The standard InChI is InChI=1S/C11H19NO/c1-2-3-4-11(13)9-10-5-7-12-8-6-10/h2,10,12H,1,3-9H2. The molecule has 13 heavy (non-hydrogen) atoms. The first-order chi connectivity index (χ1) is 6.33. The van der Waals surface area contributed by atoms with Crippen LogP contribution in [0.5, 0.6) is 0 Å². The predicted octanol–water partition coefficient (Wildman–Crippen LogP) is 1.91. The highest BCUT2D eigenvalue weighted by atomic mass is 16.1. The Morgan fingerprint density at radius 1 is 1.46 bits per heavy atom. The summed E-state index contributed by atoms with van der Waals surface area (Å²) < 4.78 is 0. The summed E-state index contributed by atoms with van der Waals surface area (Å²) in [5.41, 5.74) is 0. The molecule has 1 fully saturated rings. The van der Waals surface area contributed by atoms with E-state index >= 15 is 0 Å². The molecule has 1 rings (SSSR count). The first-order valence-electron chi connectivity index (χ1n) is 5.16. The van der Waals surface area contributed by atoms with Crippen molar-refractivity contribution in [3.63, 3.8) is 0 Å². The zero-order valence-corrected chi connectivity index (χ0v) is 8.22. The maximum Gasteiger partial charge on any atom is 0.133 e.